The van der Waals surface area contributed by atoms with E-state index in [4.69, 9.17) is 0 Å². The Labute approximate surface area is 129 Å². The van der Waals surface area contributed by atoms with E-state index in [0.29, 0.717) is 0 Å². The van der Waals surface area contributed by atoms with Gasteiger partial charge in [0.2, 0.25) is 0 Å². The summed E-state index contributed by atoms with van der Waals surface area (Å²) in [5.74, 6) is 0. The van der Waals surface area contributed by atoms with E-state index < -0.39 is 5.54 Å². The summed E-state index contributed by atoms with van der Waals surface area (Å²) in [5.41, 5.74) is 0.505. The lowest BCUT2D eigenvalue weighted by atomic mass is 9.88. The first kappa shape index (κ1) is 16.0. The second-order valence-electron chi connectivity index (χ2n) is 5.99. The van der Waals surface area contributed by atoms with Gasteiger partial charge >= 0.3 is 0 Å². The van der Waals surface area contributed by atoms with Crippen molar-refractivity contribution >= 4 is 0 Å². The fraction of sp³-hybridized carbons (Fsp3) is 0.611. The van der Waals surface area contributed by atoms with Crippen molar-refractivity contribution in [3.05, 3.63) is 35.9 Å². The van der Waals surface area contributed by atoms with E-state index in [0.717, 1.165) is 18.5 Å². The molecule has 1 fully saturated rings. The number of hydrogen-bond acceptors (Lipinski definition) is 3. The quantitative estimate of drug-likeness (QED) is 0.902. The van der Waals surface area contributed by atoms with E-state index in [1.54, 1.807) is 0 Å². The number of nitriles is 1. The molecule has 0 aliphatic carbocycles. The van der Waals surface area contributed by atoms with Crippen molar-refractivity contribution in [2.24, 2.45) is 0 Å². The second kappa shape index (κ2) is 8.17. The second-order valence-corrected chi connectivity index (χ2v) is 5.99. The van der Waals surface area contributed by atoms with Gasteiger partial charge in [0.1, 0.15) is 5.54 Å². The summed E-state index contributed by atoms with van der Waals surface area (Å²) in [6.45, 7) is 3.35. The maximum Gasteiger partial charge on any atom is 0.133 e. The smallest absolute Gasteiger partial charge is 0.133 e. The van der Waals surface area contributed by atoms with Gasteiger partial charge in [0, 0.05) is 6.54 Å². The molecule has 3 heteroatoms. The molecule has 2 rings (SSSR count). The minimum atomic E-state index is -0.566. The van der Waals surface area contributed by atoms with Crippen LogP contribution in [-0.2, 0) is 5.54 Å². The molecule has 1 atom stereocenters. The fourth-order valence-electron chi connectivity index (χ4n) is 3.18. The third-order valence-electron chi connectivity index (χ3n) is 4.64. The van der Waals surface area contributed by atoms with Gasteiger partial charge in [0.05, 0.1) is 6.07 Å². The van der Waals surface area contributed by atoms with Crippen LogP contribution in [0.1, 0.15) is 44.1 Å². The van der Waals surface area contributed by atoms with E-state index in [-0.39, 0.29) is 0 Å². The lowest BCUT2D eigenvalue weighted by Gasteiger charge is -2.31. The molecule has 1 aromatic carbocycles. The predicted molar refractivity (Wildman–Crippen MR) is 86.9 cm³/mol. The molecule has 1 aromatic rings. The predicted octanol–water partition coefficient (Wildman–Crippen LogP) is 3.28. The maximum absolute atomic E-state index is 9.73. The monoisotopic (exact) mass is 285 g/mol. The van der Waals surface area contributed by atoms with E-state index in [2.05, 4.69) is 16.3 Å². The number of likely N-dealkylation sites (tertiary alicyclic amines) is 1. The topological polar surface area (TPSA) is 39.1 Å². The number of nitrogens with one attached hydrogen (secondary N) is 1. The largest absolute Gasteiger partial charge is 0.303 e. The lowest BCUT2D eigenvalue weighted by molar-refractivity contribution is 0.224. The SMILES string of the molecule is CNC(C#N)(CCN1CCCCCCC1)c1ccccc1. The van der Waals surface area contributed by atoms with Crippen molar-refractivity contribution in [2.75, 3.05) is 26.7 Å². The molecule has 0 spiro atoms. The third kappa shape index (κ3) is 4.30. The molecule has 0 bridgehead atoms. The Morgan fingerprint density at radius 1 is 1.10 bits per heavy atom. The van der Waals surface area contributed by atoms with Crippen LogP contribution in [-0.4, -0.2) is 31.6 Å². The van der Waals surface area contributed by atoms with Gasteiger partial charge < -0.3 is 4.90 Å². The number of nitrogens with zero attached hydrogens (tertiary/aromatic N) is 2. The first-order valence-electron chi connectivity index (χ1n) is 8.19. The molecular weight excluding hydrogens is 258 g/mol. The highest BCUT2D eigenvalue weighted by Gasteiger charge is 2.30. The third-order valence-corrected chi connectivity index (χ3v) is 4.64. The number of hydrogen-bond donors (Lipinski definition) is 1. The number of rotatable bonds is 5. The average Bonchev–Trinajstić information content (AvgIpc) is 2.51. The van der Waals surface area contributed by atoms with Gasteiger partial charge in [0.25, 0.3) is 0 Å². The summed E-state index contributed by atoms with van der Waals surface area (Å²) in [6.07, 6.45) is 7.52. The Morgan fingerprint density at radius 3 is 2.29 bits per heavy atom. The van der Waals surface area contributed by atoms with Crippen LogP contribution >= 0.6 is 0 Å². The summed E-state index contributed by atoms with van der Waals surface area (Å²) in [7, 11) is 1.89. The summed E-state index contributed by atoms with van der Waals surface area (Å²) < 4.78 is 0. The van der Waals surface area contributed by atoms with Gasteiger partial charge in [-0.15, -0.1) is 0 Å². The van der Waals surface area contributed by atoms with Crippen molar-refractivity contribution in [1.29, 1.82) is 5.26 Å². The molecule has 1 N–H and O–H groups in total. The zero-order chi connectivity index (χ0) is 15.0. The molecule has 1 unspecified atom stereocenters. The van der Waals surface area contributed by atoms with Crippen LogP contribution in [0, 0.1) is 11.3 Å². The van der Waals surface area contributed by atoms with Crippen molar-refractivity contribution in [3.8, 4) is 6.07 Å². The first-order valence-corrected chi connectivity index (χ1v) is 8.19. The van der Waals surface area contributed by atoms with Crippen molar-refractivity contribution < 1.29 is 0 Å². The van der Waals surface area contributed by atoms with Crippen LogP contribution in [0.5, 0.6) is 0 Å². The molecule has 0 aromatic heterocycles. The molecule has 1 aliphatic rings. The summed E-state index contributed by atoms with van der Waals surface area (Å²) in [6, 6.07) is 12.6. The van der Waals surface area contributed by atoms with E-state index in [1.807, 2.05) is 37.4 Å². The van der Waals surface area contributed by atoms with E-state index >= 15 is 0 Å². The van der Waals surface area contributed by atoms with Crippen molar-refractivity contribution in [2.45, 2.75) is 44.1 Å². The van der Waals surface area contributed by atoms with Crippen molar-refractivity contribution in [3.63, 3.8) is 0 Å². The normalized spacial score (nSPS) is 20.0. The van der Waals surface area contributed by atoms with Gasteiger partial charge in [-0.25, -0.2) is 0 Å². The zero-order valence-electron chi connectivity index (χ0n) is 13.1. The molecular formula is C18H27N3. The van der Waals surface area contributed by atoms with E-state index in [9.17, 15) is 5.26 Å². The van der Waals surface area contributed by atoms with Gasteiger partial charge in [-0.2, -0.15) is 5.26 Å². The lowest BCUT2D eigenvalue weighted by Crippen LogP contribution is -2.42. The van der Waals surface area contributed by atoms with Crippen LogP contribution in [0.25, 0.3) is 0 Å². The summed E-state index contributed by atoms with van der Waals surface area (Å²) in [4.78, 5) is 2.53. The number of benzene rings is 1. The Bertz CT molecular complexity index is 443. The summed E-state index contributed by atoms with van der Waals surface area (Å²) >= 11 is 0. The molecule has 1 heterocycles. The van der Waals surface area contributed by atoms with Gasteiger partial charge in [-0.1, -0.05) is 49.6 Å². The highest BCUT2D eigenvalue weighted by Crippen LogP contribution is 2.25. The zero-order valence-corrected chi connectivity index (χ0v) is 13.1. The van der Waals surface area contributed by atoms with Gasteiger partial charge in [0.15, 0.2) is 0 Å². The molecule has 0 radical (unpaired) electrons. The van der Waals surface area contributed by atoms with Crippen LogP contribution < -0.4 is 5.32 Å². The van der Waals surface area contributed by atoms with Crippen LogP contribution in [0.2, 0.25) is 0 Å². The Kier molecular flexibility index (Phi) is 6.22. The van der Waals surface area contributed by atoms with Crippen LogP contribution in [0.3, 0.4) is 0 Å². The van der Waals surface area contributed by atoms with Gasteiger partial charge in [-0.05, 0) is 45.0 Å². The first-order chi connectivity index (χ1) is 10.3. The molecule has 1 aliphatic heterocycles. The summed E-state index contributed by atoms with van der Waals surface area (Å²) in [5, 5.41) is 13.0. The highest BCUT2D eigenvalue weighted by atomic mass is 15.1. The van der Waals surface area contributed by atoms with Crippen LogP contribution in [0.15, 0.2) is 30.3 Å². The Balaban J connectivity index is 2.01. The molecule has 0 saturated carbocycles. The molecule has 0 amide bonds. The van der Waals surface area contributed by atoms with Crippen LogP contribution in [0.4, 0.5) is 0 Å². The maximum atomic E-state index is 9.73. The highest BCUT2D eigenvalue weighted by molar-refractivity contribution is 5.31. The Hall–Kier alpha value is -1.37. The minimum Gasteiger partial charge on any atom is -0.303 e. The van der Waals surface area contributed by atoms with Gasteiger partial charge in [-0.3, -0.25) is 5.32 Å². The average molecular weight is 285 g/mol. The minimum absolute atomic E-state index is 0.566. The van der Waals surface area contributed by atoms with Crippen molar-refractivity contribution in [1.82, 2.24) is 10.2 Å². The Morgan fingerprint density at radius 2 is 1.71 bits per heavy atom. The standard InChI is InChI=1S/C18H27N3/c1-20-18(16-19,17-10-6-5-7-11-17)12-15-21-13-8-3-2-4-9-14-21/h5-7,10-11,20H,2-4,8-9,12-15H2,1H3. The molecule has 114 valence electrons. The molecule has 3 nitrogen and oxygen atoms in total. The van der Waals surface area contributed by atoms with E-state index in [1.165, 1.54) is 45.2 Å². The molecule has 1 saturated heterocycles. The molecule has 21 heavy (non-hydrogen) atoms. The fourth-order valence-corrected chi connectivity index (χ4v) is 3.18.